The van der Waals surface area contributed by atoms with Crippen molar-refractivity contribution in [3.05, 3.63) is 58.6 Å². The van der Waals surface area contributed by atoms with E-state index in [0.717, 1.165) is 16.9 Å². The highest BCUT2D eigenvalue weighted by Gasteiger charge is 2.12. The van der Waals surface area contributed by atoms with Crippen LogP contribution in [-0.4, -0.2) is 12.2 Å². The first-order chi connectivity index (χ1) is 9.17. The predicted octanol–water partition coefficient (Wildman–Crippen LogP) is 3.47. The number of para-hydroxylation sites is 1. The van der Waals surface area contributed by atoms with E-state index in [1.54, 1.807) is 24.3 Å². The quantitative estimate of drug-likeness (QED) is 0.931. The molecule has 2 rings (SSSR count). The van der Waals surface area contributed by atoms with Gasteiger partial charge in [-0.15, -0.1) is 0 Å². The lowest BCUT2D eigenvalue weighted by Crippen LogP contribution is -2.13. The van der Waals surface area contributed by atoms with E-state index in [2.05, 4.69) is 6.07 Å². The van der Waals surface area contributed by atoms with Crippen molar-refractivity contribution >= 4 is 23.0 Å². The van der Waals surface area contributed by atoms with Crippen molar-refractivity contribution < 1.29 is 5.11 Å². The summed E-state index contributed by atoms with van der Waals surface area (Å²) in [5, 5.41) is 19.1. The first kappa shape index (κ1) is 13.4. The van der Waals surface area contributed by atoms with Gasteiger partial charge in [0, 0.05) is 23.3 Å². The molecule has 2 aromatic carbocycles. The van der Waals surface area contributed by atoms with Crippen molar-refractivity contribution in [2.75, 3.05) is 11.9 Å². The van der Waals surface area contributed by atoms with Crippen LogP contribution in [0.25, 0.3) is 0 Å². The molecule has 0 atom stereocenters. The molecular weight excluding hydrogens is 260 g/mol. The maximum absolute atomic E-state index is 9.40. The van der Waals surface area contributed by atoms with Crippen LogP contribution >= 0.6 is 11.6 Å². The molecule has 0 radical (unpaired) electrons. The van der Waals surface area contributed by atoms with Crippen molar-refractivity contribution in [2.24, 2.45) is 0 Å². The average molecular weight is 273 g/mol. The molecule has 0 saturated heterocycles. The minimum Gasteiger partial charge on any atom is -0.392 e. The van der Waals surface area contributed by atoms with E-state index in [4.69, 9.17) is 16.9 Å². The van der Waals surface area contributed by atoms with Crippen molar-refractivity contribution in [3.8, 4) is 6.07 Å². The second-order valence-electron chi connectivity index (χ2n) is 4.12. The van der Waals surface area contributed by atoms with Gasteiger partial charge in [0.15, 0.2) is 0 Å². The van der Waals surface area contributed by atoms with E-state index in [0.29, 0.717) is 10.6 Å². The summed E-state index contributed by atoms with van der Waals surface area (Å²) in [6, 6.07) is 14.8. The third-order valence-corrected chi connectivity index (χ3v) is 3.20. The van der Waals surface area contributed by atoms with Crippen LogP contribution in [-0.2, 0) is 6.61 Å². The molecule has 4 heteroatoms. The molecule has 0 saturated carbocycles. The molecule has 2 aromatic rings. The minimum absolute atomic E-state index is 0.0778. The molecule has 3 nitrogen and oxygen atoms in total. The molecule has 0 fully saturated rings. The molecule has 1 N–H and O–H groups in total. The van der Waals surface area contributed by atoms with Crippen LogP contribution in [0.4, 0.5) is 11.4 Å². The lowest BCUT2D eigenvalue weighted by molar-refractivity contribution is 0.282. The summed E-state index contributed by atoms with van der Waals surface area (Å²) in [6.45, 7) is -0.0778. The van der Waals surface area contributed by atoms with Crippen LogP contribution in [0.2, 0.25) is 5.02 Å². The fraction of sp³-hybridized carbons (Fsp3) is 0.133. The number of aliphatic hydroxyl groups excluding tert-OH is 1. The van der Waals surface area contributed by atoms with E-state index in [1.807, 2.05) is 30.1 Å². The highest BCUT2D eigenvalue weighted by Crippen LogP contribution is 2.31. The lowest BCUT2D eigenvalue weighted by atomic mass is 10.1. The van der Waals surface area contributed by atoms with E-state index in [1.165, 1.54) is 0 Å². The van der Waals surface area contributed by atoms with Crippen LogP contribution in [0.3, 0.4) is 0 Å². The van der Waals surface area contributed by atoms with Gasteiger partial charge in [0.05, 0.1) is 17.9 Å². The molecule has 96 valence electrons. The number of nitriles is 1. The third-order valence-electron chi connectivity index (χ3n) is 2.96. The Morgan fingerprint density at radius 3 is 2.63 bits per heavy atom. The number of hydrogen-bond acceptors (Lipinski definition) is 3. The first-order valence-electron chi connectivity index (χ1n) is 5.79. The van der Waals surface area contributed by atoms with E-state index < -0.39 is 0 Å². The Balaban J connectivity index is 2.53. The Morgan fingerprint density at radius 2 is 1.95 bits per heavy atom. The van der Waals surface area contributed by atoms with E-state index >= 15 is 0 Å². The van der Waals surface area contributed by atoms with Gasteiger partial charge in [0.2, 0.25) is 0 Å². The van der Waals surface area contributed by atoms with Gasteiger partial charge in [0.1, 0.15) is 6.07 Å². The Kier molecular flexibility index (Phi) is 4.06. The van der Waals surface area contributed by atoms with Gasteiger partial charge >= 0.3 is 0 Å². The van der Waals surface area contributed by atoms with Crippen molar-refractivity contribution in [3.63, 3.8) is 0 Å². The van der Waals surface area contributed by atoms with Crippen LogP contribution in [0.5, 0.6) is 0 Å². The zero-order valence-electron chi connectivity index (χ0n) is 10.5. The molecule has 0 heterocycles. The topological polar surface area (TPSA) is 47.3 Å². The number of rotatable bonds is 3. The summed E-state index contributed by atoms with van der Waals surface area (Å²) in [5.74, 6) is 0. The summed E-state index contributed by atoms with van der Waals surface area (Å²) in [5.41, 5.74) is 2.91. The number of hydrogen-bond donors (Lipinski definition) is 1. The zero-order chi connectivity index (χ0) is 13.8. The van der Waals surface area contributed by atoms with Crippen molar-refractivity contribution in [1.82, 2.24) is 0 Å². The highest BCUT2D eigenvalue weighted by molar-refractivity contribution is 6.30. The van der Waals surface area contributed by atoms with Gasteiger partial charge in [-0.05, 0) is 24.3 Å². The Morgan fingerprint density at radius 1 is 1.21 bits per heavy atom. The number of halogens is 1. The lowest BCUT2D eigenvalue weighted by Gasteiger charge is -2.23. The Hall–Kier alpha value is -2.02. The molecule has 0 unspecified atom stereocenters. The second kappa shape index (κ2) is 5.75. The normalized spacial score (nSPS) is 10.0. The summed E-state index contributed by atoms with van der Waals surface area (Å²) < 4.78 is 0. The molecular formula is C15H13ClN2O. The second-order valence-corrected chi connectivity index (χ2v) is 4.56. The first-order valence-corrected chi connectivity index (χ1v) is 6.17. The number of benzene rings is 2. The molecule has 0 amide bonds. The third kappa shape index (κ3) is 2.70. The summed E-state index contributed by atoms with van der Waals surface area (Å²) >= 11 is 6.01. The van der Waals surface area contributed by atoms with E-state index in [-0.39, 0.29) is 6.61 Å². The van der Waals surface area contributed by atoms with Crippen molar-refractivity contribution in [2.45, 2.75) is 6.61 Å². The molecule has 19 heavy (non-hydrogen) atoms. The molecule has 0 aromatic heterocycles. The SMILES string of the molecule is CN(c1ccccc1C#N)c1cc(Cl)ccc1CO. The number of nitrogens with zero attached hydrogens (tertiary/aromatic N) is 2. The molecule has 0 bridgehead atoms. The van der Waals surface area contributed by atoms with Crippen LogP contribution in [0.15, 0.2) is 42.5 Å². The zero-order valence-corrected chi connectivity index (χ0v) is 11.2. The fourth-order valence-electron chi connectivity index (χ4n) is 1.97. The molecule has 0 spiro atoms. The smallest absolute Gasteiger partial charge is 0.101 e. The summed E-state index contributed by atoms with van der Waals surface area (Å²) in [6.07, 6.45) is 0. The van der Waals surface area contributed by atoms with Gasteiger partial charge in [0.25, 0.3) is 0 Å². The highest BCUT2D eigenvalue weighted by atomic mass is 35.5. The molecule has 0 aliphatic carbocycles. The van der Waals surface area contributed by atoms with Crippen LogP contribution < -0.4 is 4.90 Å². The van der Waals surface area contributed by atoms with Gasteiger partial charge in [-0.3, -0.25) is 0 Å². The predicted molar refractivity (Wildman–Crippen MR) is 76.6 cm³/mol. The van der Waals surface area contributed by atoms with Crippen molar-refractivity contribution in [1.29, 1.82) is 5.26 Å². The Bertz CT molecular complexity index is 634. The molecule has 0 aliphatic heterocycles. The van der Waals surface area contributed by atoms with Gasteiger partial charge in [-0.2, -0.15) is 5.26 Å². The van der Waals surface area contributed by atoms with E-state index in [9.17, 15) is 5.11 Å². The molecule has 0 aliphatic rings. The maximum Gasteiger partial charge on any atom is 0.101 e. The van der Waals surface area contributed by atoms with Crippen LogP contribution in [0, 0.1) is 11.3 Å². The number of anilines is 2. The minimum atomic E-state index is -0.0778. The van der Waals surface area contributed by atoms with Crippen LogP contribution in [0.1, 0.15) is 11.1 Å². The Labute approximate surface area is 117 Å². The largest absolute Gasteiger partial charge is 0.392 e. The standard InChI is InChI=1S/C15H13ClN2O/c1-18(14-5-3-2-4-11(14)9-17)15-8-13(16)7-6-12(15)10-19/h2-8,19H,10H2,1H3. The van der Waals surface area contributed by atoms with Gasteiger partial charge < -0.3 is 10.0 Å². The fourth-order valence-corrected chi connectivity index (χ4v) is 2.14. The number of aliphatic hydroxyl groups is 1. The summed E-state index contributed by atoms with van der Waals surface area (Å²) in [4.78, 5) is 1.86. The summed E-state index contributed by atoms with van der Waals surface area (Å²) in [7, 11) is 1.85. The van der Waals surface area contributed by atoms with Gasteiger partial charge in [-0.1, -0.05) is 29.8 Å². The average Bonchev–Trinajstić information content (AvgIpc) is 2.46. The maximum atomic E-state index is 9.40. The van der Waals surface area contributed by atoms with Gasteiger partial charge in [-0.25, -0.2) is 0 Å². The monoisotopic (exact) mass is 272 g/mol.